The van der Waals surface area contributed by atoms with Gasteiger partial charge in [-0.3, -0.25) is 0 Å². The van der Waals surface area contributed by atoms with E-state index >= 15 is 0 Å². The third kappa shape index (κ3) is 3.56. The monoisotopic (exact) mass is 201 g/mol. The predicted molar refractivity (Wildman–Crippen MR) is 57.3 cm³/mol. The maximum atomic E-state index is 9.24. The normalized spacial score (nSPS) is 27.2. The molecule has 1 saturated heterocycles. The van der Waals surface area contributed by atoms with Crippen molar-refractivity contribution < 1.29 is 9.84 Å². The Kier molecular flexibility index (Phi) is 4.85. The molecule has 1 aliphatic rings. The van der Waals surface area contributed by atoms with Gasteiger partial charge in [0.15, 0.2) is 0 Å². The zero-order valence-electron chi connectivity index (χ0n) is 9.38. The summed E-state index contributed by atoms with van der Waals surface area (Å²) in [6, 6.07) is 0.487. The van der Waals surface area contributed by atoms with Crippen molar-refractivity contribution in [3.63, 3.8) is 0 Å². The SMILES string of the molecule is CCC(C)(CO)CNC1CCCOC1. The molecule has 3 nitrogen and oxygen atoms in total. The van der Waals surface area contributed by atoms with Gasteiger partial charge >= 0.3 is 0 Å². The molecule has 3 heteroatoms. The van der Waals surface area contributed by atoms with Crippen LogP contribution in [0.25, 0.3) is 0 Å². The van der Waals surface area contributed by atoms with Gasteiger partial charge < -0.3 is 15.2 Å². The van der Waals surface area contributed by atoms with Gasteiger partial charge in [-0.2, -0.15) is 0 Å². The minimum Gasteiger partial charge on any atom is -0.396 e. The lowest BCUT2D eigenvalue weighted by Gasteiger charge is -2.30. The van der Waals surface area contributed by atoms with Crippen LogP contribution in [0.3, 0.4) is 0 Å². The van der Waals surface area contributed by atoms with Crippen LogP contribution < -0.4 is 5.32 Å². The Balaban J connectivity index is 2.23. The maximum absolute atomic E-state index is 9.24. The average molecular weight is 201 g/mol. The lowest BCUT2D eigenvalue weighted by molar-refractivity contribution is 0.0600. The van der Waals surface area contributed by atoms with Crippen LogP contribution in [0.1, 0.15) is 33.1 Å². The van der Waals surface area contributed by atoms with Gasteiger partial charge in [0.25, 0.3) is 0 Å². The molecular weight excluding hydrogens is 178 g/mol. The molecule has 0 aromatic carbocycles. The highest BCUT2D eigenvalue weighted by atomic mass is 16.5. The van der Waals surface area contributed by atoms with E-state index in [9.17, 15) is 5.11 Å². The van der Waals surface area contributed by atoms with Crippen LogP contribution in [0.4, 0.5) is 0 Å². The summed E-state index contributed by atoms with van der Waals surface area (Å²) in [5, 5.41) is 12.7. The topological polar surface area (TPSA) is 41.5 Å². The third-order valence-electron chi connectivity index (χ3n) is 3.21. The molecule has 2 N–H and O–H groups in total. The van der Waals surface area contributed by atoms with Crippen molar-refractivity contribution in [2.75, 3.05) is 26.4 Å². The molecule has 1 heterocycles. The zero-order chi connectivity index (χ0) is 10.4. The molecular formula is C11H23NO2. The highest BCUT2D eigenvalue weighted by molar-refractivity contribution is 4.78. The van der Waals surface area contributed by atoms with Gasteiger partial charge in [0.1, 0.15) is 0 Å². The summed E-state index contributed by atoms with van der Waals surface area (Å²) in [5.74, 6) is 0. The van der Waals surface area contributed by atoms with E-state index in [1.807, 2.05) is 0 Å². The summed E-state index contributed by atoms with van der Waals surface area (Å²) in [5.41, 5.74) is 0.0252. The molecule has 0 amide bonds. The van der Waals surface area contributed by atoms with Crippen molar-refractivity contribution in [2.24, 2.45) is 5.41 Å². The second-order valence-electron chi connectivity index (χ2n) is 4.62. The highest BCUT2D eigenvalue weighted by Crippen LogP contribution is 2.19. The average Bonchev–Trinajstić information content (AvgIpc) is 2.27. The van der Waals surface area contributed by atoms with E-state index < -0.39 is 0 Å². The van der Waals surface area contributed by atoms with E-state index in [1.165, 1.54) is 6.42 Å². The Morgan fingerprint density at radius 2 is 2.36 bits per heavy atom. The van der Waals surface area contributed by atoms with Gasteiger partial charge in [-0.1, -0.05) is 13.8 Å². The van der Waals surface area contributed by atoms with E-state index in [0.717, 1.165) is 32.6 Å². The summed E-state index contributed by atoms with van der Waals surface area (Å²) in [6.07, 6.45) is 3.36. The van der Waals surface area contributed by atoms with Gasteiger partial charge in [-0.05, 0) is 19.3 Å². The number of aliphatic hydroxyl groups excluding tert-OH is 1. The van der Waals surface area contributed by atoms with Crippen molar-refractivity contribution in [1.82, 2.24) is 5.32 Å². The van der Waals surface area contributed by atoms with Crippen molar-refractivity contribution in [3.05, 3.63) is 0 Å². The molecule has 1 aliphatic heterocycles. The van der Waals surface area contributed by atoms with Crippen LogP contribution in [-0.2, 0) is 4.74 Å². The number of aliphatic hydroxyl groups is 1. The van der Waals surface area contributed by atoms with Crippen molar-refractivity contribution in [3.8, 4) is 0 Å². The predicted octanol–water partition coefficient (Wildman–Crippen LogP) is 1.16. The van der Waals surface area contributed by atoms with Crippen LogP contribution in [0.2, 0.25) is 0 Å². The largest absolute Gasteiger partial charge is 0.396 e. The number of hydrogen-bond acceptors (Lipinski definition) is 3. The molecule has 84 valence electrons. The molecule has 1 rings (SSSR count). The van der Waals surface area contributed by atoms with Crippen molar-refractivity contribution in [2.45, 2.75) is 39.2 Å². The Morgan fingerprint density at radius 3 is 2.86 bits per heavy atom. The van der Waals surface area contributed by atoms with Crippen molar-refractivity contribution in [1.29, 1.82) is 0 Å². The lowest BCUT2D eigenvalue weighted by Crippen LogP contribution is -2.43. The fourth-order valence-corrected chi connectivity index (χ4v) is 1.59. The minimum atomic E-state index is 0.0252. The molecule has 2 unspecified atom stereocenters. The van der Waals surface area contributed by atoms with Gasteiger partial charge in [0.05, 0.1) is 6.61 Å². The molecule has 0 spiro atoms. The van der Waals surface area contributed by atoms with Gasteiger partial charge in [0.2, 0.25) is 0 Å². The van der Waals surface area contributed by atoms with Crippen LogP contribution in [0, 0.1) is 5.41 Å². The van der Waals surface area contributed by atoms with Crippen LogP contribution in [-0.4, -0.2) is 37.5 Å². The molecule has 0 aromatic heterocycles. The first-order valence-electron chi connectivity index (χ1n) is 5.62. The standard InChI is InChI=1S/C11H23NO2/c1-3-11(2,9-13)8-12-10-5-4-6-14-7-10/h10,12-13H,3-9H2,1-2H3. The van der Waals surface area contributed by atoms with E-state index in [4.69, 9.17) is 4.74 Å². The summed E-state index contributed by atoms with van der Waals surface area (Å²) < 4.78 is 5.39. The summed E-state index contributed by atoms with van der Waals surface area (Å²) in [6.45, 7) is 7.10. The number of nitrogens with one attached hydrogen (secondary N) is 1. The van der Waals surface area contributed by atoms with E-state index in [-0.39, 0.29) is 12.0 Å². The van der Waals surface area contributed by atoms with Crippen LogP contribution in [0.5, 0.6) is 0 Å². The van der Waals surface area contributed by atoms with Gasteiger partial charge in [0, 0.05) is 31.2 Å². The molecule has 0 bridgehead atoms. The van der Waals surface area contributed by atoms with E-state index in [2.05, 4.69) is 19.2 Å². The Hall–Kier alpha value is -0.120. The molecule has 14 heavy (non-hydrogen) atoms. The van der Waals surface area contributed by atoms with E-state index in [1.54, 1.807) is 0 Å². The number of rotatable bonds is 5. The molecule has 0 radical (unpaired) electrons. The first-order chi connectivity index (χ1) is 6.70. The molecule has 0 aromatic rings. The van der Waals surface area contributed by atoms with Gasteiger partial charge in [-0.25, -0.2) is 0 Å². The first kappa shape index (κ1) is 12.0. The van der Waals surface area contributed by atoms with Crippen molar-refractivity contribution >= 4 is 0 Å². The van der Waals surface area contributed by atoms with E-state index in [0.29, 0.717) is 6.04 Å². The third-order valence-corrected chi connectivity index (χ3v) is 3.21. The number of hydrogen-bond donors (Lipinski definition) is 2. The van der Waals surface area contributed by atoms with Crippen LogP contribution in [0.15, 0.2) is 0 Å². The van der Waals surface area contributed by atoms with Crippen LogP contribution >= 0.6 is 0 Å². The minimum absolute atomic E-state index is 0.0252. The maximum Gasteiger partial charge on any atom is 0.0619 e. The molecule has 0 aliphatic carbocycles. The highest BCUT2D eigenvalue weighted by Gasteiger charge is 2.23. The lowest BCUT2D eigenvalue weighted by atomic mass is 9.88. The molecule has 2 atom stereocenters. The second-order valence-corrected chi connectivity index (χ2v) is 4.62. The molecule has 0 saturated carbocycles. The zero-order valence-corrected chi connectivity index (χ0v) is 9.38. The second kappa shape index (κ2) is 5.69. The quantitative estimate of drug-likeness (QED) is 0.701. The summed E-state index contributed by atoms with van der Waals surface area (Å²) in [7, 11) is 0. The number of ether oxygens (including phenoxy) is 1. The first-order valence-corrected chi connectivity index (χ1v) is 5.62. The fourth-order valence-electron chi connectivity index (χ4n) is 1.59. The fraction of sp³-hybridized carbons (Fsp3) is 1.00. The summed E-state index contributed by atoms with van der Waals surface area (Å²) >= 11 is 0. The Morgan fingerprint density at radius 1 is 1.57 bits per heavy atom. The Labute approximate surface area is 86.8 Å². The summed E-state index contributed by atoms with van der Waals surface area (Å²) in [4.78, 5) is 0. The van der Waals surface area contributed by atoms with Gasteiger partial charge in [-0.15, -0.1) is 0 Å². The molecule has 1 fully saturated rings. The Bertz CT molecular complexity index is 151. The smallest absolute Gasteiger partial charge is 0.0619 e.